The molecule has 0 radical (unpaired) electrons. The van der Waals surface area contributed by atoms with Crippen LogP contribution in [0, 0.1) is 0 Å². The summed E-state index contributed by atoms with van der Waals surface area (Å²) in [6, 6.07) is 5.10. The molecule has 2 aromatic heterocycles. The summed E-state index contributed by atoms with van der Waals surface area (Å²) in [6.07, 6.45) is 3.32. The van der Waals surface area contributed by atoms with Crippen molar-refractivity contribution in [3.63, 3.8) is 0 Å². The third kappa shape index (κ3) is 3.37. The van der Waals surface area contributed by atoms with Crippen LogP contribution in [-0.2, 0) is 14.6 Å². The van der Waals surface area contributed by atoms with Gasteiger partial charge in [-0.25, -0.2) is 13.4 Å². The molecule has 9 heteroatoms. The number of nitrogens with zero attached hydrogens (tertiary/aromatic N) is 4. The van der Waals surface area contributed by atoms with Crippen molar-refractivity contribution in [3.05, 3.63) is 30.1 Å². The average molecular weight is 364 g/mol. The Kier molecular flexibility index (Phi) is 4.51. The molecule has 0 spiro atoms. The van der Waals surface area contributed by atoms with E-state index in [0.29, 0.717) is 38.1 Å². The van der Waals surface area contributed by atoms with Crippen LogP contribution in [0.2, 0.25) is 0 Å². The maximum absolute atomic E-state index is 12.9. The van der Waals surface area contributed by atoms with Crippen molar-refractivity contribution in [2.45, 2.75) is 18.5 Å². The van der Waals surface area contributed by atoms with Gasteiger partial charge in [0.25, 0.3) is 5.91 Å². The Bertz CT molecular complexity index is 935. The van der Waals surface area contributed by atoms with Gasteiger partial charge in [-0.15, -0.1) is 0 Å². The summed E-state index contributed by atoms with van der Waals surface area (Å²) in [5.41, 5.74) is 0.581. The molecular formula is C16H20N4O4S. The van der Waals surface area contributed by atoms with Crippen LogP contribution < -0.4 is 0 Å². The number of rotatable bonds is 2. The lowest BCUT2D eigenvalue weighted by Crippen LogP contribution is -2.36. The molecule has 134 valence electrons. The Morgan fingerprint density at radius 1 is 1.08 bits per heavy atom. The van der Waals surface area contributed by atoms with Gasteiger partial charge in [0, 0.05) is 45.6 Å². The molecule has 1 aliphatic rings. The molecule has 0 unspecified atom stereocenters. The van der Waals surface area contributed by atoms with Crippen molar-refractivity contribution in [3.8, 4) is 0 Å². The number of imidazole rings is 1. The monoisotopic (exact) mass is 364 g/mol. The van der Waals surface area contributed by atoms with Crippen molar-refractivity contribution in [1.82, 2.24) is 19.2 Å². The number of carbonyl (C=O) groups excluding carboxylic acids is 2. The van der Waals surface area contributed by atoms with Crippen LogP contribution in [0.15, 0.2) is 29.6 Å². The standard InChI is InChI=1S/C16H20N4O4S/c1-12(21)18-7-5-8-19(11-10-18)15(22)14-13-6-3-4-9-20(13)16(17-14)25(2,23)24/h3-4,6,9H,5,7-8,10-11H2,1-2H3. The minimum atomic E-state index is -3.57. The topological polar surface area (TPSA) is 92.1 Å². The molecule has 2 aromatic rings. The average Bonchev–Trinajstić information content (AvgIpc) is 2.77. The second-order valence-corrected chi connectivity index (χ2v) is 8.03. The van der Waals surface area contributed by atoms with Crippen molar-refractivity contribution in [2.75, 3.05) is 32.4 Å². The van der Waals surface area contributed by atoms with Crippen LogP contribution >= 0.6 is 0 Å². The molecule has 1 fully saturated rings. The molecular weight excluding hydrogens is 344 g/mol. The van der Waals surface area contributed by atoms with E-state index in [-0.39, 0.29) is 22.7 Å². The SMILES string of the molecule is CC(=O)N1CCCN(C(=O)c2nc(S(C)(=O)=O)n3ccccc23)CC1. The lowest BCUT2D eigenvalue weighted by molar-refractivity contribution is -0.128. The van der Waals surface area contributed by atoms with Gasteiger partial charge in [0.1, 0.15) is 0 Å². The molecule has 3 heterocycles. The molecule has 0 bridgehead atoms. The van der Waals surface area contributed by atoms with Gasteiger partial charge in [-0.3, -0.25) is 14.0 Å². The van der Waals surface area contributed by atoms with Crippen LogP contribution in [0.4, 0.5) is 0 Å². The first-order chi connectivity index (χ1) is 11.8. The van der Waals surface area contributed by atoms with E-state index in [1.807, 2.05) is 0 Å². The molecule has 1 saturated heterocycles. The van der Waals surface area contributed by atoms with Crippen molar-refractivity contribution >= 4 is 27.2 Å². The van der Waals surface area contributed by atoms with E-state index >= 15 is 0 Å². The smallest absolute Gasteiger partial charge is 0.274 e. The molecule has 25 heavy (non-hydrogen) atoms. The summed E-state index contributed by atoms with van der Waals surface area (Å²) in [6.45, 7) is 3.49. The van der Waals surface area contributed by atoms with Crippen molar-refractivity contribution < 1.29 is 18.0 Å². The largest absolute Gasteiger partial charge is 0.341 e. The highest BCUT2D eigenvalue weighted by atomic mass is 32.2. The normalized spacial score (nSPS) is 16.1. The molecule has 0 aromatic carbocycles. The van der Waals surface area contributed by atoms with Gasteiger partial charge >= 0.3 is 0 Å². The molecule has 0 aliphatic carbocycles. The summed E-state index contributed by atoms with van der Waals surface area (Å²) in [5, 5.41) is -0.147. The zero-order chi connectivity index (χ0) is 18.2. The van der Waals surface area contributed by atoms with E-state index in [1.165, 1.54) is 11.3 Å². The quantitative estimate of drug-likeness (QED) is 0.771. The Balaban J connectivity index is 1.97. The highest BCUT2D eigenvalue weighted by Gasteiger charge is 2.27. The zero-order valence-electron chi connectivity index (χ0n) is 14.2. The highest BCUT2D eigenvalue weighted by molar-refractivity contribution is 7.90. The fraction of sp³-hybridized carbons (Fsp3) is 0.438. The lowest BCUT2D eigenvalue weighted by atomic mass is 10.3. The number of pyridine rings is 1. The van der Waals surface area contributed by atoms with Crippen LogP contribution in [0.25, 0.3) is 5.52 Å². The predicted octanol–water partition coefficient (Wildman–Crippen LogP) is 0.432. The van der Waals surface area contributed by atoms with E-state index in [4.69, 9.17) is 0 Å². The number of amides is 2. The van der Waals surface area contributed by atoms with Gasteiger partial charge in [-0.2, -0.15) is 0 Å². The molecule has 2 amide bonds. The molecule has 0 N–H and O–H groups in total. The van der Waals surface area contributed by atoms with E-state index in [9.17, 15) is 18.0 Å². The number of carbonyl (C=O) groups is 2. The number of sulfone groups is 1. The molecule has 3 rings (SSSR count). The first-order valence-electron chi connectivity index (χ1n) is 8.01. The van der Waals surface area contributed by atoms with Crippen LogP contribution in [0.3, 0.4) is 0 Å². The summed E-state index contributed by atoms with van der Waals surface area (Å²) in [7, 11) is -3.57. The Labute approximate surface area is 146 Å². The zero-order valence-corrected chi connectivity index (χ0v) is 15.0. The van der Waals surface area contributed by atoms with E-state index < -0.39 is 9.84 Å². The van der Waals surface area contributed by atoms with Gasteiger partial charge in [-0.05, 0) is 18.6 Å². The van der Waals surface area contributed by atoms with Crippen LogP contribution in [0.1, 0.15) is 23.8 Å². The number of aromatic nitrogens is 2. The highest BCUT2D eigenvalue weighted by Crippen LogP contribution is 2.19. The molecule has 0 atom stereocenters. The minimum Gasteiger partial charge on any atom is -0.341 e. The maximum atomic E-state index is 12.9. The predicted molar refractivity (Wildman–Crippen MR) is 91.1 cm³/mol. The second kappa shape index (κ2) is 6.47. The fourth-order valence-electron chi connectivity index (χ4n) is 3.01. The van der Waals surface area contributed by atoms with Crippen molar-refractivity contribution in [1.29, 1.82) is 0 Å². The molecule has 1 aliphatic heterocycles. The first-order valence-corrected chi connectivity index (χ1v) is 9.90. The fourth-order valence-corrected chi connectivity index (χ4v) is 3.79. The minimum absolute atomic E-state index is 0.0129. The number of hydrogen-bond donors (Lipinski definition) is 0. The summed E-state index contributed by atoms with van der Waals surface area (Å²) in [5.74, 6) is -0.329. The van der Waals surface area contributed by atoms with Crippen molar-refractivity contribution in [2.24, 2.45) is 0 Å². The van der Waals surface area contributed by atoms with Crippen LogP contribution in [0.5, 0.6) is 0 Å². The third-order valence-electron chi connectivity index (χ3n) is 4.28. The second-order valence-electron chi connectivity index (χ2n) is 6.12. The summed E-state index contributed by atoms with van der Waals surface area (Å²) < 4.78 is 25.4. The Morgan fingerprint density at radius 2 is 1.76 bits per heavy atom. The van der Waals surface area contributed by atoms with E-state index in [2.05, 4.69) is 4.98 Å². The Hall–Kier alpha value is -2.42. The number of hydrogen-bond acceptors (Lipinski definition) is 5. The lowest BCUT2D eigenvalue weighted by Gasteiger charge is -2.20. The first kappa shape index (κ1) is 17.4. The maximum Gasteiger partial charge on any atom is 0.274 e. The van der Waals surface area contributed by atoms with E-state index in [0.717, 1.165) is 6.26 Å². The molecule has 8 nitrogen and oxygen atoms in total. The van der Waals surface area contributed by atoms with Gasteiger partial charge in [0.15, 0.2) is 5.69 Å². The third-order valence-corrected chi connectivity index (χ3v) is 5.23. The summed E-state index contributed by atoms with van der Waals surface area (Å²) in [4.78, 5) is 31.9. The van der Waals surface area contributed by atoms with Gasteiger partial charge < -0.3 is 9.80 Å². The van der Waals surface area contributed by atoms with Gasteiger partial charge in [0.2, 0.25) is 20.9 Å². The van der Waals surface area contributed by atoms with Gasteiger partial charge in [0.05, 0.1) is 5.52 Å². The summed E-state index contributed by atoms with van der Waals surface area (Å²) >= 11 is 0. The van der Waals surface area contributed by atoms with Crippen LogP contribution in [-0.4, -0.2) is 71.9 Å². The molecule has 0 saturated carbocycles. The van der Waals surface area contributed by atoms with E-state index in [1.54, 1.807) is 34.2 Å². The van der Waals surface area contributed by atoms with Gasteiger partial charge in [-0.1, -0.05) is 6.07 Å². The number of fused-ring (bicyclic) bond motifs is 1. The Morgan fingerprint density at radius 3 is 2.44 bits per heavy atom.